The molecule has 1 amide bonds. The van der Waals surface area contributed by atoms with Crippen LogP contribution in [0.2, 0.25) is 0 Å². The lowest BCUT2D eigenvalue weighted by Gasteiger charge is -2.24. The Bertz CT molecular complexity index is 939. The van der Waals surface area contributed by atoms with Crippen LogP contribution in [0.25, 0.3) is 0 Å². The summed E-state index contributed by atoms with van der Waals surface area (Å²) in [4.78, 5) is 26.2. The van der Waals surface area contributed by atoms with Crippen LogP contribution in [0.4, 0.5) is 0 Å². The van der Waals surface area contributed by atoms with Crippen molar-refractivity contribution >= 4 is 11.9 Å². The SMILES string of the molecule is CCCCC/C=C\CCCCCC(CC(=O)NC(CO)C(O)CCCCCCCCCCCCCCCCCCC)OC(=O)CCCCCCCCCCCCCCCCCC. The molecular weight excluding hydrogens is 767 g/mol. The average Bonchev–Trinajstić information content (AvgIpc) is 3.26. The van der Waals surface area contributed by atoms with Gasteiger partial charge < -0.3 is 20.3 Å². The third-order valence-electron chi connectivity index (χ3n) is 13.1. The topological polar surface area (TPSA) is 95.9 Å². The van der Waals surface area contributed by atoms with Gasteiger partial charge in [0.25, 0.3) is 0 Å². The maximum absolute atomic E-state index is 13.2. The van der Waals surface area contributed by atoms with E-state index in [4.69, 9.17) is 4.74 Å². The fourth-order valence-corrected chi connectivity index (χ4v) is 8.84. The van der Waals surface area contributed by atoms with E-state index in [0.29, 0.717) is 19.3 Å². The van der Waals surface area contributed by atoms with Crippen LogP contribution in [0.15, 0.2) is 12.2 Å². The minimum Gasteiger partial charge on any atom is -0.462 e. The summed E-state index contributed by atoms with van der Waals surface area (Å²) in [5.41, 5.74) is 0. The van der Waals surface area contributed by atoms with Crippen molar-refractivity contribution in [3.05, 3.63) is 12.2 Å². The molecule has 0 aromatic carbocycles. The third kappa shape index (κ3) is 45.2. The van der Waals surface area contributed by atoms with Gasteiger partial charge in [0.15, 0.2) is 0 Å². The van der Waals surface area contributed by atoms with E-state index in [-0.39, 0.29) is 24.9 Å². The van der Waals surface area contributed by atoms with E-state index in [1.54, 1.807) is 0 Å². The van der Waals surface area contributed by atoms with Crippen LogP contribution < -0.4 is 5.32 Å². The molecule has 3 unspecified atom stereocenters. The fraction of sp³-hybridized carbons (Fsp3) is 0.929. The van der Waals surface area contributed by atoms with E-state index in [1.807, 2.05) is 0 Å². The molecule has 3 N–H and O–H groups in total. The molecular formula is C56H109NO5. The molecule has 0 bridgehead atoms. The molecule has 0 heterocycles. The average molecular weight is 876 g/mol. The molecule has 0 aliphatic heterocycles. The van der Waals surface area contributed by atoms with Gasteiger partial charge in [0, 0.05) is 6.42 Å². The minimum absolute atomic E-state index is 0.0738. The maximum atomic E-state index is 13.2. The van der Waals surface area contributed by atoms with Gasteiger partial charge in [-0.3, -0.25) is 9.59 Å². The number of ether oxygens (including phenoxy) is 1. The number of hydrogen-bond acceptors (Lipinski definition) is 5. The number of carbonyl (C=O) groups is 2. The molecule has 0 aliphatic rings. The molecule has 3 atom stereocenters. The number of aliphatic hydroxyl groups excluding tert-OH is 2. The van der Waals surface area contributed by atoms with Crippen LogP contribution in [0.3, 0.4) is 0 Å². The Morgan fingerprint density at radius 1 is 0.452 bits per heavy atom. The Kier molecular flexibility index (Phi) is 49.5. The highest BCUT2D eigenvalue weighted by molar-refractivity contribution is 5.77. The highest BCUT2D eigenvalue weighted by Gasteiger charge is 2.24. The van der Waals surface area contributed by atoms with E-state index >= 15 is 0 Å². The molecule has 0 aliphatic carbocycles. The first-order chi connectivity index (χ1) is 30.5. The minimum atomic E-state index is -0.786. The molecule has 0 aromatic heterocycles. The standard InChI is InChI=1S/C56H109NO5/c1-4-7-10-13-16-19-22-24-26-28-29-31-33-36-39-42-45-48-54(59)53(51-58)57-55(60)50-52(47-44-41-38-35-21-18-15-12-9-6-3)62-56(61)49-46-43-40-37-34-32-30-27-25-23-20-17-14-11-8-5-2/h18,21,52-54,58-59H,4-17,19-20,22-51H2,1-3H3,(H,57,60)/b21-18-. The van der Waals surface area contributed by atoms with E-state index in [1.165, 1.54) is 199 Å². The Morgan fingerprint density at radius 3 is 1.18 bits per heavy atom. The lowest BCUT2D eigenvalue weighted by molar-refractivity contribution is -0.151. The van der Waals surface area contributed by atoms with E-state index in [9.17, 15) is 19.8 Å². The molecule has 0 aromatic rings. The van der Waals surface area contributed by atoms with E-state index in [0.717, 1.165) is 64.2 Å². The molecule has 0 saturated heterocycles. The van der Waals surface area contributed by atoms with Crippen LogP contribution in [-0.2, 0) is 14.3 Å². The molecule has 0 rings (SSSR count). The maximum Gasteiger partial charge on any atom is 0.306 e. The number of unbranched alkanes of at least 4 members (excludes halogenated alkanes) is 37. The molecule has 368 valence electrons. The molecule has 0 fully saturated rings. The number of aliphatic hydroxyl groups is 2. The summed E-state index contributed by atoms with van der Waals surface area (Å²) in [6.07, 6.45) is 57.1. The van der Waals surface area contributed by atoms with E-state index in [2.05, 4.69) is 38.2 Å². The first kappa shape index (κ1) is 60.6. The Hall–Kier alpha value is -1.40. The molecule has 6 heteroatoms. The number of hydrogen-bond donors (Lipinski definition) is 3. The first-order valence-corrected chi connectivity index (χ1v) is 27.9. The summed E-state index contributed by atoms with van der Waals surface area (Å²) >= 11 is 0. The van der Waals surface area contributed by atoms with Gasteiger partial charge in [0.1, 0.15) is 6.10 Å². The van der Waals surface area contributed by atoms with Crippen molar-refractivity contribution in [1.29, 1.82) is 0 Å². The summed E-state index contributed by atoms with van der Waals surface area (Å²) in [6, 6.07) is -0.700. The lowest BCUT2D eigenvalue weighted by atomic mass is 10.0. The quantitative estimate of drug-likeness (QED) is 0.0321. The van der Waals surface area contributed by atoms with E-state index < -0.39 is 18.2 Å². The summed E-state index contributed by atoms with van der Waals surface area (Å²) in [5, 5.41) is 23.8. The molecule has 6 nitrogen and oxygen atoms in total. The highest BCUT2D eigenvalue weighted by atomic mass is 16.5. The van der Waals surface area contributed by atoms with Gasteiger partial charge in [-0.2, -0.15) is 0 Å². The van der Waals surface area contributed by atoms with Crippen molar-refractivity contribution in [3.8, 4) is 0 Å². The smallest absolute Gasteiger partial charge is 0.306 e. The van der Waals surface area contributed by atoms with Crippen molar-refractivity contribution in [1.82, 2.24) is 5.32 Å². The second kappa shape index (κ2) is 50.6. The lowest BCUT2D eigenvalue weighted by Crippen LogP contribution is -2.46. The van der Waals surface area contributed by atoms with Gasteiger partial charge in [0.2, 0.25) is 5.91 Å². The zero-order valence-electron chi connectivity index (χ0n) is 42.0. The van der Waals surface area contributed by atoms with Crippen LogP contribution in [0.5, 0.6) is 0 Å². The number of amides is 1. The van der Waals surface area contributed by atoms with Gasteiger partial charge >= 0.3 is 5.97 Å². The number of esters is 1. The van der Waals surface area contributed by atoms with Crippen LogP contribution >= 0.6 is 0 Å². The zero-order valence-corrected chi connectivity index (χ0v) is 42.0. The summed E-state index contributed by atoms with van der Waals surface area (Å²) in [5.74, 6) is -0.471. The molecule has 0 saturated carbocycles. The Labute approximate surface area is 387 Å². The molecule has 0 spiro atoms. The zero-order chi connectivity index (χ0) is 45.2. The third-order valence-corrected chi connectivity index (χ3v) is 13.1. The van der Waals surface area contributed by atoms with Gasteiger partial charge in [0.05, 0.1) is 25.2 Å². The Morgan fingerprint density at radius 2 is 0.774 bits per heavy atom. The Balaban J connectivity index is 4.40. The highest BCUT2D eigenvalue weighted by Crippen LogP contribution is 2.19. The number of nitrogens with one attached hydrogen (secondary N) is 1. The van der Waals surface area contributed by atoms with Crippen LogP contribution in [-0.4, -0.2) is 46.9 Å². The van der Waals surface area contributed by atoms with Gasteiger partial charge in [-0.1, -0.05) is 258 Å². The summed E-state index contributed by atoms with van der Waals surface area (Å²) in [6.45, 7) is 6.49. The van der Waals surface area contributed by atoms with Gasteiger partial charge in [-0.25, -0.2) is 0 Å². The fourth-order valence-electron chi connectivity index (χ4n) is 8.84. The number of rotatable bonds is 51. The monoisotopic (exact) mass is 876 g/mol. The van der Waals surface area contributed by atoms with Crippen molar-refractivity contribution in [3.63, 3.8) is 0 Å². The number of allylic oxidation sites excluding steroid dienone is 2. The molecule has 0 radical (unpaired) electrons. The van der Waals surface area contributed by atoms with Crippen molar-refractivity contribution in [2.45, 2.75) is 328 Å². The number of carbonyl (C=O) groups excluding carboxylic acids is 2. The summed E-state index contributed by atoms with van der Waals surface area (Å²) in [7, 11) is 0. The second-order valence-corrected chi connectivity index (χ2v) is 19.3. The van der Waals surface area contributed by atoms with Crippen LogP contribution in [0, 0.1) is 0 Å². The molecule has 62 heavy (non-hydrogen) atoms. The van der Waals surface area contributed by atoms with Crippen molar-refractivity contribution in [2.24, 2.45) is 0 Å². The summed E-state index contributed by atoms with van der Waals surface area (Å²) < 4.78 is 5.93. The van der Waals surface area contributed by atoms with Gasteiger partial charge in [-0.05, 0) is 51.4 Å². The first-order valence-electron chi connectivity index (χ1n) is 27.9. The second-order valence-electron chi connectivity index (χ2n) is 19.3. The predicted octanol–water partition coefficient (Wildman–Crippen LogP) is 16.9. The predicted molar refractivity (Wildman–Crippen MR) is 269 cm³/mol. The largest absolute Gasteiger partial charge is 0.462 e. The van der Waals surface area contributed by atoms with Crippen LogP contribution in [0.1, 0.15) is 310 Å². The van der Waals surface area contributed by atoms with Gasteiger partial charge in [-0.15, -0.1) is 0 Å². The van der Waals surface area contributed by atoms with Crippen molar-refractivity contribution < 1.29 is 24.5 Å². The normalized spacial score (nSPS) is 13.2. The van der Waals surface area contributed by atoms with Crippen molar-refractivity contribution in [2.75, 3.05) is 6.61 Å².